The van der Waals surface area contributed by atoms with Crippen LogP contribution in [0.2, 0.25) is 0 Å². The van der Waals surface area contributed by atoms with Crippen molar-refractivity contribution in [1.29, 1.82) is 0 Å². The fourth-order valence-corrected chi connectivity index (χ4v) is 3.50. The van der Waals surface area contributed by atoms with Gasteiger partial charge >= 0.3 is 0 Å². The predicted molar refractivity (Wildman–Crippen MR) is 67.8 cm³/mol. The SMILES string of the molecule is CC1CCN(S(=O)(=O)N(C)C(C)(C)CO)CC1. The van der Waals surface area contributed by atoms with Crippen LogP contribution >= 0.6 is 0 Å². The zero-order valence-electron chi connectivity index (χ0n) is 11.2. The van der Waals surface area contributed by atoms with E-state index in [0.717, 1.165) is 12.8 Å². The van der Waals surface area contributed by atoms with E-state index in [1.807, 2.05) is 0 Å². The number of rotatable bonds is 4. The predicted octanol–water partition coefficient (Wildman–Crippen LogP) is 0.666. The Morgan fingerprint density at radius 2 is 1.82 bits per heavy atom. The fraction of sp³-hybridized carbons (Fsp3) is 1.00. The number of aliphatic hydroxyl groups excluding tert-OH is 1. The first-order valence-electron chi connectivity index (χ1n) is 6.07. The third-order valence-corrected chi connectivity index (χ3v) is 5.86. The van der Waals surface area contributed by atoms with E-state index >= 15 is 0 Å². The summed E-state index contributed by atoms with van der Waals surface area (Å²) in [7, 11) is -1.92. The summed E-state index contributed by atoms with van der Waals surface area (Å²) in [5.41, 5.74) is -0.762. The Morgan fingerprint density at radius 3 is 2.24 bits per heavy atom. The number of piperidine rings is 1. The van der Waals surface area contributed by atoms with E-state index in [0.29, 0.717) is 19.0 Å². The van der Waals surface area contributed by atoms with Crippen molar-refractivity contribution in [2.45, 2.75) is 39.2 Å². The van der Waals surface area contributed by atoms with Crippen molar-refractivity contribution >= 4 is 10.2 Å². The summed E-state index contributed by atoms with van der Waals surface area (Å²) in [4.78, 5) is 0. The van der Waals surface area contributed by atoms with Crippen molar-refractivity contribution in [1.82, 2.24) is 8.61 Å². The zero-order valence-corrected chi connectivity index (χ0v) is 12.0. The molecule has 0 aromatic rings. The second-order valence-electron chi connectivity index (χ2n) is 5.53. The molecule has 0 saturated carbocycles. The summed E-state index contributed by atoms with van der Waals surface area (Å²) in [6.45, 7) is 6.55. The lowest BCUT2D eigenvalue weighted by molar-refractivity contribution is 0.129. The third kappa shape index (κ3) is 3.19. The number of hydrogen-bond donors (Lipinski definition) is 1. The Balaban J connectivity index is 2.81. The molecule has 0 aliphatic carbocycles. The fourth-order valence-electron chi connectivity index (χ4n) is 1.80. The van der Waals surface area contributed by atoms with E-state index in [-0.39, 0.29) is 6.61 Å². The molecule has 1 fully saturated rings. The summed E-state index contributed by atoms with van der Waals surface area (Å²) < 4.78 is 27.5. The van der Waals surface area contributed by atoms with Crippen LogP contribution in [0, 0.1) is 5.92 Å². The van der Waals surface area contributed by atoms with Gasteiger partial charge in [0, 0.05) is 20.1 Å². The van der Waals surface area contributed by atoms with Crippen molar-refractivity contribution < 1.29 is 13.5 Å². The lowest BCUT2D eigenvalue weighted by Gasteiger charge is -2.38. The Hall–Kier alpha value is -0.170. The molecule has 1 saturated heterocycles. The maximum Gasteiger partial charge on any atom is 0.282 e. The van der Waals surface area contributed by atoms with Crippen molar-refractivity contribution in [2.24, 2.45) is 5.92 Å². The van der Waals surface area contributed by atoms with Gasteiger partial charge in [-0.3, -0.25) is 0 Å². The molecule has 0 unspecified atom stereocenters. The average molecular weight is 264 g/mol. The zero-order chi connectivity index (χ0) is 13.3. The number of nitrogens with zero attached hydrogens (tertiary/aromatic N) is 2. The summed E-state index contributed by atoms with van der Waals surface area (Å²) >= 11 is 0. The first-order valence-corrected chi connectivity index (χ1v) is 7.46. The Kier molecular flexibility index (Phi) is 4.57. The summed E-state index contributed by atoms with van der Waals surface area (Å²) in [5, 5.41) is 9.24. The van der Waals surface area contributed by atoms with Crippen LogP contribution in [0.5, 0.6) is 0 Å². The standard InChI is InChI=1S/C11H24N2O3S/c1-10-5-7-13(8-6-10)17(15,16)12(4)11(2,3)9-14/h10,14H,5-9H2,1-4H3. The van der Waals surface area contributed by atoms with Crippen molar-refractivity contribution in [2.75, 3.05) is 26.7 Å². The highest BCUT2D eigenvalue weighted by Gasteiger charge is 2.37. The van der Waals surface area contributed by atoms with Gasteiger partial charge in [0.25, 0.3) is 10.2 Å². The van der Waals surface area contributed by atoms with Crippen molar-refractivity contribution in [3.63, 3.8) is 0 Å². The number of hydrogen-bond acceptors (Lipinski definition) is 3. The van der Waals surface area contributed by atoms with Gasteiger partial charge in [0.15, 0.2) is 0 Å². The summed E-state index contributed by atoms with van der Waals surface area (Å²) in [6.07, 6.45) is 1.82. The molecule has 0 amide bonds. The van der Waals surface area contributed by atoms with Crippen LogP contribution in [0.3, 0.4) is 0 Å². The maximum absolute atomic E-state index is 12.3. The highest BCUT2D eigenvalue weighted by Crippen LogP contribution is 2.24. The Morgan fingerprint density at radius 1 is 1.35 bits per heavy atom. The minimum atomic E-state index is -3.45. The minimum Gasteiger partial charge on any atom is -0.394 e. The van der Waals surface area contributed by atoms with Crippen LogP contribution in [0.25, 0.3) is 0 Å². The van der Waals surface area contributed by atoms with Crippen LogP contribution < -0.4 is 0 Å². The molecule has 5 nitrogen and oxygen atoms in total. The molecule has 1 rings (SSSR count). The highest BCUT2D eigenvalue weighted by atomic mass is 32.2. The van der Waals surface area contributed by atoms with E-state index < -0.39 is 15.7 Å². The van der Waals surface area contributed by atoms with Crippen molar-refractivity contribution in [3.8, 4) is 0 Å². The van der Waals surface area contributed by atoms with E-state index in [2.05, 4.69) is 6.92 Å². The monoisotopic (exact) mass is 264 g/mol. The molecular formula is C11H24N2O3S. The van der Waals surface area contributed by atoms with Gasteiger partial charge in [-0.2, -0.15) is 17.0 Å². The Bertz CT molecular complexity index is 346. The van der Waals surface area contributed by atoms with Crippen LogP contribution in [0.15, 0.2) is 0 Å². The van der Waals surface area contributed by atoms with Gasteiger partial charge in [0.1, 0.15) is 0 Å². The van der Waals surface area contributed by atoms with Gasteiger partial charge < -0.3 is 5.11 Å². The van der Waals surface area contributed by atoms with Crippen LogP contribution in [-0.2, 0) is 10.2 Å². The minimum absolute atomic E-state index is 0.188. The third-order valence-electron chi connectivity index (χ3n) is 3.65. The van der Waals surface area contributed by atoms with Gasteiger partial charge in [0.05, 0.1) is 12.1 Å². The molecule has 0 aromatic carbocycles. The molecule has 0 aromatic heterocycles. The van der Waals surface area contributed by atoms with Crippen LogP contribution in [0.1, 0.15) is 33.6 Å². The first-order chi connectivity index (χ1) is 7.71. The molecule has 0 spiro atoms. The second-order valence-corrected chi connectivity index (χ2v) is 7.49. The first kappa shape index (κ1) is 14.9. The molecule has 1 aliphatic heterocycles. The van der Waals surface area contributed by atoms with Gasteiger partial charge in [-0.25, -0.2) is 0 Å². The van der Waals surface area contributed by atoms with Gasteiger partial charge in [-0.05, 0) is 32.6 Å². The lowest BCUT2D eigenvalue weighted by Crippen LogP contribution is -2.54. The molecule has 17 heavy (non-hydrogen) atoms. The van der Waals surface area contributed by atoms with E-state index in [9.17, 15) is 13.5 Å². The maximum atomic E-state index is 12.3. The van der Waals surface area contributed by atoms with Crippen molar-refractivity contribution in [3.05, 3.63) is 0 Å². The largest absolute Gasteiger partial charge is 0.394 e. The molecule has 0 radical (unpaired) electrons. The molecule has 102 valence electrons. The van der Waals surface area contributed by atoms with E-state index in [1.165, 1.54) is 15.7 Å². The van der Waals surface area contributed by atoms with Crippen LogP contribution in [0.4, 0.5) is 0 Å². The van der Waals surface area contributed by atoms with Gasteiger partial charge in [-0.1, -0.05) is 6.92 Å². The number of likely N-dealkylation sites (N-methyl/N-ethyl adjacent to an activating group) is 1. The number of aliphatic hydroxyl groups is 1. The normalized spacial score (nSPS) is 21.1. The van der Waals surface area contributed by atoms with Gasteiger partial charge in [-0.15, -0.1) is 0 Å². The topological polar surface area (TPSA) is 60.9 Å². The second kappa shape index (κ2) is 5.22. The van der Waals surface area contributed by atoms with Gasteiger partial charge in [0.2, 0.25) is 0 Å². The smallest absolute Gasteiger partial charge is 0.282 e. The molecule has 6 heteroatoms. The molecule has 1 N–H and O–H groups in total. The summed E-state index contributed by atoms with van der Waals surface area (Å²) in [6, 6.07) is 0. The molecule has 0 bridgehead atoms. The Labute approximate surface area is 105 Å². The molecular weight excluding hydrogens is 240 g/mol. The molecule has 1 heterocycles. The average Bonchev–Trinajstić information content (AvgIpc) is 2.28. The molecule has 0 atom stereocenters. The van der Waals surface area contributed by atoms with E-state index in [1.54, 1.807) is 13.8 Å². The highest BCUT2D eigenvalue weighted by molar-refractivity contribution is 7.86. The lowest BCUT2D eigenvalue weighted by atomic mass is 10.0. The quantitative estimate of drug-likeness (QED) is 0.811. The van der Waals surface area contributed by atoms with E-state index in [4.69, 9.17) is 0 Å². The molecule has 1 aliphatic rings. The summed E-state index contributed by atoms with van der Waals surface area (Å²) in [5.74, 6) is 0.595. The van der Waals surface area contributed by atoms with Crippen LogP contribution in [-0.4, -0.2) is 54.4 Å².